The highest BCUT2D eigenvalue weighted by molar-refractivity contribution is 5.69. The highest BCUT2D eigenvalue weighted by atomic mass is 15.0. The smallest absolute Gasteiger partial charge is 0.294 e. The van der Waals surface area contributed by atoms with E-state index >= 15 is 0 Å². The lowest BCUT2D eigenvalue weighted by molar-refractivity contribution is 1.02. The fourth-order valence-electron chi connectivity index (χ4n) is 2.29. The van der Waals surface area contributed by atoms with Crippen molar-refractivity contribution in [3.63, 3.8) is 0 Å². The first-order valence-electron chi connectivity index (χ1n) is 8.36. The first-order chi connectivity index (χ1) is 13.9. The van der Waals surface area contributed by atoms with Crippen LogP contribution >= 0.6 is 0 Å². The summed E-state index contributed by atoms with van der Waals surface area (Å²) in [7, 11) is 0. The van der Waals surface area contributed by atoms with Crippen LogP contribution in [0.4, 0.5) is 17.5 Å². The second-order valence-electron chi connectivity index (χ2n) is 5.73. The lowest BCUT2D eigenvalue weighted by Crippen LogP contribution is -1.95. The molecule has 2 aromatic heterocycles. The van der Waals surface area contributed by atoms with Crippen LogP contribution in [-0.4, -0.2) is 26.7 Å². The number of hydrogen-bond donors (Lipinski definition) is 0. The Morgan fingerprint density at radius 3 is 2.03 bits per heavy atom. The van der Waals surface area contributed by atoms with Crippen molar-refractivity contribution in [2.75, 3.05) is 0 Å². The third-order valence-electron chi connectivity index (χ3n) is 3.84. The lowest BCUT2D eigenvalue weighted by Gasteiger charge is -2.00. The lowest BCUT2D eigenvalue weighted by atomic mass is 10.1. The summed E-state index contributed by atoms with van der Waals surface area (Å²) in [6.45, 7) is 22.7. The van der Waals surface area contributed by atoms with Gasteiger partial charge in [-0.25, -0.2) is 15.0 Å². The van der Waals surface area contributed by atoms with E-state index in [-0.39, 0.29) is 17.3 Å². The van der Waals surface area contributed by atoms with Gasteiger partial charge in [-0.1, -0.05) is 43.5 Å². The summed E-state index contributed by atoms with van der Waals surface area (Å²) >= 11 is 0. The van der Waals surface area contributed by atoms with E-state index in [4.69, 9.17) is 18.4 Å². The summed E-state index contributed by atoms with van der Waals surface area (Å²) in [4.78, 5) is 26.4. The number of benzene rings is 1. The van der Waals surface area contributed by atoms with Gasteiger partial charge in [0.2, 0.25) is 5.69 Å². The number of rotatable bonds is 2. The number of nitriles is 1. The van der Waals surface area contributed by atoms with Crippen molar-refractivity contribution in [2.45, 2.75) is 20.8 Å². The Bertz CT molecular complexity index is 1180. The molecular weight excluding hydrogens is 364 g/mol. The second-order valence-corrected chi connectivity index (χ2v) is 5.73. The van der Waals surface area contributed by atoms with Crippen LogP contribution in [0.2, 0.25) is 0 Å². The largest absolute Gasteiger partial charge is 0.370 e. The van der Waals surface area contributed by atoms with E-state index in [2.05, 4.69) is 41.3 Å². The van der Waals surface area contributed by atoms with Gasteiger partial charge in [-0.15, -0.1) is 9.97 Å². The van der Waals surface area contributed by atoms with Gasteiger partial charge < -0.3 is 9.69 Å². The molecule has 8 nitrogen and oxygen atoms in total. The van der Waals surface area contributed by atoms with E-state index < -0.39 is 0 Å². The van der Waals surface area contributed by atoms with E-state index in [1.165, 1.54) is 0 Å². The van der Waals surface area contributed by atoms with Gasteiger partial charge in [0, 0.05) is 12.5 Å². The quantitative estimate of drug-likeness (QED) is 0.468. The molecule has 0 bridgehead atoms. The van der Waals surface area contributed by atoms with Crippen LogP contribution in [0.15, 0.2) is 35.3 Å². The monoisotopic (exact) mass is 380 g/mol. The van der Waals surface area contributed by atoms with Gasteiger partial charge in [0.1, 0.15) is 6.07 Å². The Balaban J connectivity index is 0.000000221. The van der Waals surface area contributed by atoms with Crippen molar-refractivity contribution in [2.24, 2.45) is 4.99 Å². The summed E-state index contributed by atoms with van der Waals surface area (Å²) in [6.07, 6.45) is 0. The Labute approximate surface area is 168 Å². The van der Waals surface area contributed by atoms with Crippen molar-refractivity contribution in [3.05, 3.63) is 75.9 Å². The molecule has 3 aromatic rings. The van der Waals surface area contributed by atoms with Gasteiger partial charge in [0.15, 0.2) is 17.2 Å². The fraction of sp³-hybridized carbons (Fsp3) is 0.143. The first-order valence-corrected chi connectivity index (χ1v) is 8.36. The molecule has 0 saturated carbocycles. The van der Waals surface area contributed by atoms with Gasteiger partial charge in [-0.3, -0.25) is 0 Å². The summed E-state index contributed by atoms with van der Waals surface area (Å²) in [5.41, 5.74) is 3.97. The minimum absolute atomic E-state index is 0.0597. The van der Waals surface area contributed by atoms with Crippen LogP contribution < -0.4 is 0 Å². The van der Waals surface area contributed by atoms with Gasteiger partial charge in [0.05, 0.1) is 11.4 Å². The first kappa shape index (κ1) is 20.8. The molecule has 0 fully saturated rings. The molecule has 0 saturated heterocycles. The van der Waals surface area contributed by atoms with E-state index in [9.17, 15) is 0 Å². The maximum Gasteiger partial charge on any atom is 0.294 e. The van der Waals surface area contributed by atoms with E-state index in [1.807, 2.05) is 43.3 Å². The van der Waals surface area contributed by atoms with Crippen LogP contribution in [0.5, 0.6) is 0 Å². The van der Waals surface area contributed by atoms with E-state index in [0.717, 1.165) is 17.0 Å². The topological polar surface area (TPSA) is 96.4 Å². The van der Waals surface area contributed by atoms with Crippen molar-refractivity contribution in [1.82, 2.24) is 19.9 Å². The molecule has 0 amide bonds. The molecule has 0 spiro atoms. The van der Waals surface area contributed by atoms with E-state index in [1.54, 1.807) is 13.8 Å². The van der Waals surface area contributed by atoms with Crippen molar-refractivity contribution in [1.29, 1.82) is 5.26 Å². The van der Waals surface area contributed by atoms with Gasteiger partial charge >= 0.3 is 0 Å². The third kappa shape index (κ3) is 4.82. The Kier molecular flexibility index (Phi) is 6.79. The molecule has 140 valence electrons. The molecule has 0 N–H and O–H groups in total. The normalized spacial score (nSPS) is 9.24. The minimum atomic E-state index is 0.0597. The molecule has 2 heterocycles. The maximum absolute atomic E-state index is 8.62. The Hall–Kier alpha value is -4.48. The zero-order valence-corrected chi connectivity index (χ0v) is 16.2. The highest BCUT2D eigenvalue weighted by Gasteiger charge is 2.17. The van der Waals surface area contributed by atoms with Gasteiger partial charge in [-0.2, -0.15) is 5.26 Å². The molecular formula is C21H16N8. The standard InChI is InChI=1S/C13H8N4.C8H8N4/c1-9-11(10-7-5-4-6-8-10)17-13(15-3)12(14-2)16-9;1-5-6(2)12-8(10-3)7(4-9)11-5/h4-8H,1H3;3H2,1-2H3. The second kappa shape index (κ2) is 9.45. The summed E-state index contributed by atoms with van der Waals surface area (Å²) in [6, 6.07) is 11.4. The molecule has 0 aliphatic rings. The number of nitrogens with zero attached hydrogens (tertiary/aromatic N) is 8. The van der Waals surface area contributed by atoms with Crippen molar-refractivity contribution in [3.8, 4) is 17.3 Å². The summed E-state index contributed by atoms with van der Waals surface area (Å²) in [5, 5.41) is 8.62. The predicted octanol–water partition coefficient (Wildman–Crippen LogP) is 4.85. The van der Waals surface area contributed by atoms with Crippen LogP contribution in [0.25, 0.3) is 20.9 Å². The third-order valence-corrected chi connectivity index (χ3v) is 3.84. The van der Waals surface area contributed by atoms with Gasteiger partial charge in [-0.05, 0) is 20.6 Å². The van der Waals surface area contributed by atoms with E-state index in [0.29, 0.717) is 17.2 Å². The van der Waals surface area contributed by atoms with Crippen LogP contribution in [0.1, 0.15) is 22.8 Å². The van der Waals surface area contributed by atoms with Crippen LogP contribution in [0.3, 0.4) is 0 Å². The SMILES string of the molecule is C=Nc1nc(C)c(C)nc1C#N.[C-]#[N+]c1nc(C)c(-c2ccccc2)nc1[N+]#[C-]. The number of aromatic nitrogens is 4. The minimum Gasteiger partial charge on any atom is -0.370 e. The Morgan fingerprint density at radius 2 is 1.48 bits per heavy atom. The summed E-state index contributed by atoms with van der Waals surface area (Å²) < 4.78 is 0. The Morgan fingerprint density at radius 1 is 0.897 bits per heavy atom. The molecule has 0 unspecified atom stereocenters. The molecule has 0 aliphatic carbocycles. The zero-order valence-electron chi connectivity index (χ0n) is 16.2. The maximum atomic E-state index is 8.62. The molecule has 1 aromatic carbocycles. The molecule has 8 heteroatoms. The average molecular weight is 380 g/mol. The number of aryl methyl sites for hydroxylation is 3. The van der Waals surface area contributed by atoms with Crippen LogP contribution in [-0.2, 0) is 0 Å². The molecule has 3 rings (SSSR count). The molecule has 0 radical (unpaired) electrons. The summed E-state index contributed by atoms with van der Waals surface area (Å²) in [5.74, 6) is 0.433. The molecule has 0 atom stereocenters. The van der Waals surface area contributed by atoms with Gasteiger partial charge in [0.25, 0.3) is 11.6 Å². The molecule has 29 heavy (non-hydrogen) atoms. The molecule has 0 aliphatic heterocycles. The average Bonchev–Trinajstić information content (AvgIpc) is 2.76. The number of hydrogen-bond acceptors (Lipinski definition) is 6. The van der Waals surface area contributed by atoms with Crippen LogP contribution in [0, 0.1) is 45.2 Å². The van der Waals surface area contributed by atoms with Crippen molar-refractivity contribution >= 4 is 24.2 Å². The zero-order chi connectivity index (χ0) is 21.4. The highest BCUT2D eigenvalue weighted by Crippen LogP contribution is 2.29. The van der Waals surface area contributed by atoms with Crippen molar-refractivity contribution < 1.29 is 0 Å². The predicted molar refractivity (Wildman–Crippen MR) is 110 cm³/mol. The fourth-order valence-corrected chi connectivity index (χ4v) is 2.29. The number of aliphatic imine (C=N–C) groups is 1.